The fraction of sp³-hybridized carbons (Fsp3) is 0.368. The lowest BCUT2D eigenvalue weighted by molar-refractivity contribution is -0.139. The normalized spacial score (nSPS) is 14.8. The number of hydrogen-bond donors (Lipinski definition) is 0. The van der Waals surface area contributed by atoms with Crippen LogP contribution in [0.5, 0.6) is 0 Å². The molecule has 1 aromatic carbocycles. The Morgan fingerprint density at radius 2 is 1.38 bits per heavy atom. The minimum absolute atomic E-state index is 0.221. The zero-order valence-electron chi connectivity index (χ0n) is 14.6. The van der Waals surface area contributed by atoms with Crippen molar-refractivity contribution in [3.05, 3.63) is 52.9 Å². The number of para-hydroxylation sites is 1. The van der Waals surface area contributed by atoms with E-state index < -0.39 is 11.9 Å². The topological polar surface area (TPSA) is 55.8 Å². The third-order valence-electron chi connectivity index (χ3n) is 3.96. The van der Waals surface area contributed by atoms with Crippen molar-refractivity contribution in [3.63, 3.8) is 0 Å². The smallest absolute Gasteiger partial charge is 0.336 e. The Labute approximate surface area is 142 Å². The van der Waals surface area contributed by atoms with Gasteiger partial charge in [0.1, 0.15) is 0 Å². The molecular formula is C19H23NO4. The van der Waals surface area contributed by atoms with E-state index in [4.69, 9.17) is 9.47 Å². The summed E-state index contributed by atoms with van der Waals surface area (Å²) in [7, 11) is 0. The quantitative estimate of drug-likeness (QED) is 0.773. The van der Waals surface area contributed by atoms with Crippen molar-refractivity contribution in [2.45, 2.75) is 34.1 Å². The molecular weight excluding hydrogens is 306 g/mol. The first-order valence-corrected chi connectivity index (χ1v) is 8.10. The lowest BCUT2D eigenvalue weighted by atomic mass is 9.96. The fourth-order valence-corrected chi connectivity index (χ4v) is 2.79. The summed E-state index contributed by atoms with van der Waals surface area (Å²) < 4.78 is 10.3. The first-order chi connectivity index (χ1) is 11.5. The molecule has 5 heteroatoms. The highest BCUT2D eigenvalue weighted by Gasteiger charge is 2.31. The van der Waals surface area contributed by atoms with Crippen LogP contribution in [0.1, 0.15) is 34.1 Å². The van der Waals surface area contributed by atoms with Crippen LogP contribution < -0.4 is 4.90 Å². The molecule has 0 aliphatic carbocycles. The Morgan fingerprint density at radius 1 is 0.917 bits per heavy atom. The van der Waals surface area contributed by atoms with E-state index in [9.17, 15) is 9.59 Å². The fourth-order valence-electron chi connectivity index (χ4n) is 2.79. The molecule has 1 heterocycles. The molecule has 0 bridgehead atoms. The molecule has 0 aromatic heterocycles. The van der Waals surface area contributed by atoms with Crippen LogP contribution in [0, 0.1) is 0 Å². The number of hydrogen-bond acceptors (Lipinski definition) is 5. The summed E-state index contributed by atoms with van der Waals surface area (Å²) in [5, 5.41) is 0. The molecule has 0 atom stereocenters. The summed E-state index contributed by atoms with van der Waals surface area (Å²) in [5.41, 5.74) is 3.38. The van der Waals surface area contributed by atoms with E-state index in [2.05, 4.69) is 0 Å². The van der Waals surface area contributed by atoms with Gasteiger partial charge in [0, 0.05) is 23.5 Å². The van der Waals surface area contributed by atoms with Gasteiger partial charge >= 0.3 is 11.9 Å². The highest BCUT2D eigenvalue weighted by molar-refractivity contribution is 5.98. The Morgan fingerprint density at radius 3 is 1.79 bits per heavy atom. The van der Waals surface area contributed by atoms with E-state index in [0.717, 1.165) is 17.1 Å². The molecule has 0 radical (unpaired) electrons. The lowest BCUT2D eigenvalue weighted by Gasteiger charge is -2.33. The van der Waals surface area contributed by atoms with E-state index in [1.807, 2.05) is 49.1 Å². The van der Waals surface area contributed by atoms with Crippen LogP contribution in [-0.2, 0) is 19.1 Å². The number of benzene rings is 1. The van der Waals surface area contributed by atoms with Crippen LogP contribution in [0.25, 0.3) is 0 Å². The SMILES string of the molecule is CCOC(=O)C1=C(C)N(c2ccccc2)C(C)=C(C(=O)OCC)C1. The van der Waals surface area contributed by atoms with Crippen LogP contribution in [0.15, 0.2) is 52.9 Å². The Hall–Kier alpha value is -2.56. The summed E-state index contributed by atoms with van der Waals surface area (Å²) in [5.74, 6) is -0.796. The number of rotatable bonds is 5. The maximum absolute atomic E-state index is 12.3. The molecule has 1 aromatic rings. The number of allylic oxidation sites excluding steroid dienone is 2. The molecule has 0 amide bonds. The van der Waals surface area contributed by atoms with Crippen LogP contribution >= 0.6 is 0 Å². The van der Waals surface area contributed by atoms with Crippen LogP contribution in [0.2, 0.25) is 0 Å². The van der Waals surface area contributed by atoms with E-state index in [1.54, 1.807) is 13.8 Å². The average Bonchev–Trinajstić information content (AvgIpc) is 2.56. The van der Waals surface area contributed by atoms with Crippen LogP contribution in [-0.4, -0.2) is 25.2 Å². The standard InChI is InChI=1S/C19H23NO4/c1-5-23-18(21)16-12-17(19(22)24-6-2)14(4)20(13(16)3)15-10-8-7-9-11-15/h7-11H,5-6,12H2,1-4H3. The van der Waals surface area contributed by atoms with Gasteiger partial charge in [0.25, 0.3) is 0 Å². The number of esters is 2. The summed E-state index contributed by atoms with van der Waals surface area (Å²) in [6.45, 7) is 7.84. The predicted octanol–water partition coefficient (Wildman–Crippen LogP) is 3.57. The van der Waals surface area contributed by atoms with Crippen molar-refractivity contribution in [1.82, 2.24) is 0 Å². The minimum atomic E-state index is -0.398. The van der Waals surface area contributed by atoms with Gasteiger partial charge in [-0.1, -0.05) is 18.2 Å². The number of nitrogens with zero attached hydrogens (tertiary/aromatic N) is 1. The van der Waals surface area contributed by atoms with Crippen molar-refractivity contribution >= 4 is 17.6 Å². The summed E-state index contributed by atoms with van der Waals surface area (Å²) in [6, 6.07) is 9.62. The number of anilines is 1. The first-order valence-electron chi connectivity index (χ1n) is 8.10. The second-order valence-corrected chi connectivity index (χ2v) is 5.42. The Kier molecular flexibility index (Phi) is 5.79. The van der Waals surface area contributed by atoms with E-state index in [1.165, 1.54) is 0 Å². The van der Waals surface area contributed by atoms with Gasteiger partial charge in [-0.15, -0.1) is 0 Å². The van der Waals surface area contributed by atoms with E-state index >= 15 is 0 Å². The van der Waals surface area contributed by atoms with Gasteiger partial charge in [-0.25, -0.2) is 9.59 Å². The van der Waals surface area contributed by atoms with Crippen molar-refractivity contribution in [1.29, 1.82) is 0 Å². The number of carbonyl (C=O) groups is 2. The Bertz CT molecular complexity index is 649. The van der Waals surface area contributed by atoms with Gasteiger partial charge in [-0.3, -0.25) is 0 Å². The van der Waals surface area contributed by atoms with Gasteiger partial charge in [0.15, 0.2) is 0 Å². The molecule has 0 saturated heterocycles. The molecule has 5 nitrogen and oxygen atoms in total. The third-order valence-corrected chi connectivity index (χ3v) is 3.96. The maximum Gasteiger partial charge on any atom is 0.336 e. The van der Waals surface area contributed by atoms with Crippen LogP contribution in [0.4, 0.5) is 5.69 Å². The molecule has 0 spiro atoms. The molecule has 2 rings (SSSR count). The maximum atomic E-state index is 12.3. The van der Waals surface area contributed by atoms with Gasteiger partial charge in [0.05, 0.1) is 24.4 Å². The summed E-state index contributed by atoms with van der Waals surface area (Å²) in [4.78, 5) is 26.6. The Balaban J connectivity index is 2.53. The number of ether oxygens (including phenoxy) is 2. The van der Waals surface area contributed by atoms with Crippen molar-refractivity contribution in [2.24, 2.45) is 0 Å². The lowest BCUT2D eigenvalue weighted by Crippen LogP contribution is -2.31. The molecule has 1 aliphatic rings. The monoisotopic (exact) mass is 329 g/mol. The third kappa shape index (κ3) is 3.50. The molecule has 128 valence electrons. The molecule has 0 N–H and O–H groups in total. The number of carbonyl (C=O) groups excluding carboxylic acids is 2. The largest absolute Gasteiger partial charge is 0.463 e. The summed E-state index contributed by atoms with van der Waals surface area (Å²) >= 11 is 0. The predicted molar refractivity (Wildman–Crippen MR) is 92.2 cm³/mol. The second kappa shape index (κ2) is 7.81. The van der Waals surface area contributed by atoms with Gasteiger partial charge in [0.2, 0.25) is 0 Å². The minimum Gasteiger partial charge on any atom is -0.463 e. The summed E-state index contributed by atoms with van der Waals surface area (Å²) in [6.07, 6.45) is 0.221. The molecule has 24 heavy (non-hydrogen) atoms. The first kappa shape index (κ1) is 17.8. The molecule has 0 saturated carbocycles. The zero-order chi connectivity index (χ0) is 17.7. The van der Waals surface area contributed by atoms with E-state index in [0.29, 0.717) is 24.4 Å². The van der Waals surface area contributed by atoms with Crippen LogP contribution in [0.3, 0.4) is 0 Å². The van der Waals surface area contributed by atoms with E-state index in [-0.39, 0.29) is 6.42 Å². The van der Waals surface area contributed by atoms with Crippen molar-refractivity contribution < 1.29 is 19.1 Å². The van der Waals surface area contributed by atoms with Gasteiger partial charge < -0.3 is 14.4 Å². The van der Waals surface area contributed by atoms with Crippen molar-refractivity contribution in [2.75, 3.05) is 18.1 Å². The highest BCUT2D eigenvalue weighted by Crippen LogP contribution is 2.35. The van der Waals surface area contributed by atoms with Gasteiger partial charge in [-0.05, 0) is 39.8 Å². The zero-order valence-corrected chi connectivity index (χ0v) is 14.6. The van der Waals surface area contributed by atoms with Crippen molar-refractivity contribution in [3.8, 4) is 0 Å². The molecule has 0 unspecified atom stereocenters. The molecule has 1 aliphatic heterocycles. The molecule has 0 fully saturated rings. The average molecular weight is 329 g/mol. The second-order valence-electron chi connectivity index (χ2n) is 5.42. The van der Waals surface area contributed by atoms with Gasteiger partial charge in [-0.2, -0.15) is 0 Å². The highest BCUT2D eigenvalue weighted by atomic mass is 16.5.